The molecule has 0 radical (unpaired) electrons. The molecule has 1 saturated carbocycles. The van der Waals surface area contributed by atoms with E-state index in [0.29, 0.717) is 0 Å². The topological polar surface area (TPSA) is 28.2 Å². The molecule has 0 spiro atoms. The zero-order valence-electron chi connectivity index (χ0n) is 13.3. The molecule has 0 atom stereocenters. The summed E-state index contributed by atoms with van der Waals surface area (Å²) in [5, 5.41) is 3.42. The first kappa shape index (κ1) is 15.3. The second kappa shape index (κ2) is 7.63. The van der Waals surface area contributed by atoms with E-state index in [0.717, 1.165) is 32.0 Å². The summed E-state index contributed by atoms with van der Waals surface area (Å²) in [5.74, 6) is 2.06. The van der Waals surface area contributed by atoms with Gasteiger partial charge in [-0.3, -0.25) is 0 Å². The third-order valence-corrected chi connectivity index (χ3v) is 4.28. The van der Waals surface area contributed by atoms with Crippen LogP contribution in [0.2, 0.25) is 0 Å². The van der Waals surface area contributed by atoms with Crippen LogP contribution in [0, 0.1) is 5.92 Å². The van der Waals surface area contributed by atoms with Gasteiger partial charge in [-0.1, -0.05) is 20.3 Å². The second-order valence-corrected chi connectivity index (χ2v) is 5.79. The number of pyridine rings is 1. The highest BCUT2D eigenvalue weighted by molar-refractivity contribution is 5.43. The lowest BCUT2D eigenvalue weighted by atomic mass is 9.85. The van der Waals surface area contributed by atoms with Crippen molar-refractivity contribution in [1.29, 1.82) is 0 Å². The molecule has 3 nitrogen and oxygen atoms in total. The number of nitrogens with one attached hydrogen (secondary N) is 1. The highest BCUT2D eigenvalue weighted by atomic mass is 15.2. The molecule has 1 fully saturated rings. The number of hydrogen-bond acceptors (Lipinski definition) is 3. The smallest absolute Gasteiger partial charge is 0.129 e. The summed E-state index contributed by atoms with van der Waals surface area (Å²) in [6, 6.07) is 4.51. The average Bonchev–Trinajstić information content (AvgIpc) is 2.43. The van der Waals surface area contributed by atoms with Gasteiger partial charge in [-0.25, -0.2) is 4.98 Å². The molecule has 0 unspecified atom stereocenters. The maximum absolute atomic E-state index is 4.84. The lowest BCUT2D eigenvalue weighted by Crippen LogP contribution is -2.33. The van der Waals surface area contributed by atoms with Crippen molar-refractivity contribution in [3.63, 3.8) is 0 Å². The Morgan fingerprint density at radius 2 is 2.05 bits per heavy atom. The SMILES string of the molecule is CCNCc1cc(CC)nc(N(CC)CC2CCC2)c1. The average molecular weight is 275 g/mol. The molecule has 0 bridgehead atoms. The molecule has 0 amide bonds. The van der Waals surface area contributed by atoms with Gasteiger partial charge in [-0.2, -0.15) is 0 Å². The molecular weight excluding hydrogens is 246 g/mol. The number of anilines is 1. The standard InChI is InChI=1S/C17H29N3/c1-4-16-10-15(12-18-5-2)11-17(19-16)20(6-3)13-14-8-7-9-14/h10-11,14,18H,4-9,12-13H2,1-3H3. The maximum atomic E-state index is 4.84. The Morgan fingerprint density at radius 3 is 2.60 bits per heavy atom. The molecule has 1 aromatic heterocycles. The Bertz CT molecular complexity index is 413. The van der Waals surface area contributed by atoms with Gasteiger partial charge >= 0.3 is 0 Å². The minimum absolute atomic E-state index is 0.888. The van der Waals surface area contributed by atoms with Crippen LogP contribution in [0.1, 0.15) is 51.3 Å². The summed E-state index contributed by atoms with van der Waals surface area (Å²) in [4.78, 5) is 7.30. The Morgan fingerprint density at radius 1 is 1.25 bits per heavy atom. The van der Waals surface area contributed by atoms with E-state index in [1.54, 1.807) is 0 Å². The predicted octanol–water partition coefficient (Wildman–Crippen LogP) is 3.38. The van der Waals surface area contributed by atoms with Crippen molar-refractivity contribution in [2.45, 2.75) is 53.0 Å². The van der Waals surface area contributed by atoms with Crippen molar-refractivity contribution in [2.24, 2.45) is 5.92 Å². The van der Waals surface area contributed by atoms with Gasteiger partial charge < -0.3 is 10.2 Å². The summed E-state index contributed by atoms with van der Waals surface area (Å²) >= 11 is 0. The van der Waals surface area contributed by atoms with Crippen LogP contribution in [0.4, 0.5) is 5.82 Å². The van der Waals surface area contributed by atoms with E-state index in [9.17, 15) is 0 Å². The quantitative estimate of drug-likeness (QED) is 0.788. The minimum Gasteiger partial charge on any atom is -0.357 e. The van der Waals surface area contributed by atoms with E-state index in [1.807, 2.05) is 0 Å². The summed E-state index contributed by atoms with van der Waals surface area (Å²) in [5.41, 5.74) is 2.57. The maximum Gasteiger partial charge on any atom is 0.129 e. The monoisotopic (exact) mass is 275 g/mol. The first-order valence-corrected chi connectivity index (χ1v) is 8.22. The third-order valence-electron chi connectivity index (χ3n) is 4.28. The van der Waals surface area contributed by atoms with E-state index in [1.165, 1.54) is 42.9 Å². The summed E-state index contributed by atoms with van der Waals surface area (Å²) in [6.45, 7) is 10.8. The van der Waals surface area contributed by atoms with Crippen molar-refractivity contribution in [2.75, 3.05) is 24.5 Å². The van der Waals surface area contributed by atoms with E-state index in [-0.39, 0.29) is 0 Å². The van der Waals surface area contributed by atoms with Crippen LogP contribution in [-0.4, -0.2) is 24.6 Å². The van der Waals surface area contributed by atoms with Gasteiger partial charge in [-0.05, 0) is 56.3 Å². The molecule has 1 aromatic rings. The first-order valence-electron chi connectivity index (χ1n) is 8.22. The lowest BCUT2D eigenvalue weighted by Gasteiger charge is -2.32. The van der Waals surface area contributed by atoms with Crippen LogP contribution >= 0.6 is 0 Å². The molecular formula is C17H29N3. The van der Waals surface area contributed by atoms with E-state index >= 15 is 0 Å². The number of rotatable bonds is 8. The van der Waals surface area contributed by atoms with E-state index < -0.39 is 0 Å². The summed E-state index contributed by atoms with van der Waals surface area (Å²) in [6.07, 6.45) is 5.21. The van der Waals surface area contributed by atoms with Crippen molar-refractivity contribution in [3.05, 3.63) is 23.4 Å². The van der Waals surface area contributed by atoms with Crippen LogP contribution in [0.15, 0.2) is 12.1 Å². The fraction of sp³-hybridized carbons (Fsp3) is 0.706. The molecule has 1 aliphatic rings. The molecule has 0 aliphatic heterocycles. The van der Waals surface area contributed by atoms with E-state index in [4.69, 9.17) is 4.98 Å². The largest absolute Gasteiger partial charge is 0.357 e. The molecule has 1 N–H and O–H groups in total. The molecule has 1 aliphatic carbocycles. The molecule has 20 heavy (non-hydrogen) atoms. The van der Waals surface area contributed by atoms with Gasteiger partial charge in [0.2, 0.25) is 0 Å². The highest BCUT2D eigenvalue weighted by Crippen LogP contribution is 2.28. The Labute approximate surface area is 123 Å². The fourth-order valence-corrected chi connectivity index (χ4v) is 2.72. The molecule has 0 aromatic carbocycles. The van der Waals surface area contributed by atoms with Gasteiger partial charge in [0.25, 0.3) is 0 Å². The molecule has 112 valence electrons. The zero-order valence-corrected chi connectivity index (χ0v) is 13.3. The van der Waals surface area contributed by atoms with Gasteiger partial charge in [-0.15, -0.1) is 0 Å². The Kier molecular flexibility index (Phi) is 5.84. The Hall–Kier alpha value is -1.09. The van der Waals surface area contributed by atoms with Crippen LogP contribution in [0.25, 0.3) is 0 Å². The highest BCUT2D eigenvalue weighted by Gasteiger charge is 2.21. The normalized spacial score (nSPS) is 15.2. The predicted molar refractivity (Wildman–Crippen MR) is 86.2 cm³/mol. The molecule has 1 heterocycles. The van der Waals surface area contributed by atoms with E-state index in [2.05, 4.69) is 43.1 Å². The van der Waals surface area contributed by atoms with Crippen LogP contribution in [-0.2, 0) is 13.0 Å². The number of hydrogen-bond donors (Lipinski definition) is 1. The second-order valence-electron chi connectivity index (χ2n) is 5.79. The molecule has 0 saturated heterocycles. The molecule has 3 heteroatoms. The zero-order chi connectivity index (χ0) is 14.4. The van der Waals surface area contributed by atoms with Crippen LogP contribution in [0.5, 0.6) is 0 Å². The van der Waals surface area contributed by atoms with Gasteiger partial charge in [0.1, 0.15) is 5.82 Å². The van der Waals surface area contributed by atoms with Crippen molar-refractivity contribution in [3.8, 4) is 0 Å². The molecule has 2 rings (SSSR count). The Balaban J connectivity index is 2.13. The van der Waals surface area contributed by atoms with Crippen molar-refractivity contribution in [1.82, 2.24) is 10.3 Å². The lowest BCUT2D eigenvalue weighted by molar-refractivity contribution is 0.318. The van der Waals surface area contributed by atoms with Crippen LogP contribution < -0.4 is 10.2 Å². The van der Waals surface area contributed by atoms with Crippen molar-refractivity contribution < 1.29 is 0 Å². The van der Waals surface area contributed by atoms with Gasteiger partial charge in [0.15, 0.2) is 0 Å². The van der Waals surface area contributed by atoms with Gasteiger partial charge in [0, 0.05) is 25.3 Å². The summed E-state index contributed by atoms with van der Waals surface area (Å²) in [7, 11) is 0. The third kappa shape index (κ3) is 3.95. The summed E-state index contributed by atoms with van der Waals surface area (Å²) < 4.78 is 0. The number of aryl methyl sites for hydroxylation is 1. The minimum atomic E-state index is 0.888. The van der Waals surface area contributed by atoms with Gasteiger partial charge in [0.05, 0.1) is 0 Å². The van der Waals surface area contributed by atoms with Crippen LogP contribution in [0.3, 0.4) is 0 Å². The number of nitrogens with zero attached hydrogens (tertiary/aromatic N) is 2. The van der Waals surface area contributed by atoms with Crippen molar-refractivity contribution >= 4 is 5.82 Å². The number of aromatic nitrogens is 1. The fourth-order valence-electron chi connectivity index (χ4n) is 2.72. The first-order chi connectivity index (χ1) is 9.76.